The maximum atomic E-state index is 13.8. The predicted octanol–water partition coefficient (Wildman–Crippen LogP) is 1.46. The number of carbonyl (C=O) groups excluding carboxylic acids is 1. The molecule has 0 radical (unpaired) electrons. The molecule has 6 heteroatoms. The minimum atomic E-state index is -2.82. The van der Waals surface area contributed by atoms with Crippen LogP contribution in [0.25, 0.3) is 0 Å². The van der Waals surface area contributed by atoms with Crippen molar-refractivity contribution in [3.63, 3.8) is 0 Å². The van der Waals surface area contributed by atoms with Gasteiger partial charge in [-0.1, -0.05) is 0 Å². The lowest BCUT2D eigenvalue weighted by Crippen LogP contribution is -2.62. The van der Waals surface area contributed by atoms with Gasteiger partial charge in [0.2, 0.25) is 0 Å². The number of nitrogens with zero attached hydrogens (tertiary/aromatic N) is 1. The first-order chi connectivity index (χ1) is 7.65. The highest BCUT2D eigenvalue weighted by Gasteiger charge is 2.64. The molecule has 0 bridgehead atoms. The van der Waals surface area contributed by atoms with Crippen LogP contribution >= 0.6 is 0 Å². The van der Waals surface area contributed by atoms with Crippen molar-refractivity contribution in [3.8, 4) is 0 Å². The summed E-state index contributed by atoms with van der Waals surface area (Å²) in [5, 5.41) is 2.85. The molecule has 4 nitrogen and oxygen atoms in total. The summed E-state index contributed by atoms with van der Waals surface area (Å²) in [6.45, 7) is 5.23. The summed E-state index contributed by atoms with van der Waals surface area (Å²) in [5.41, 5.74) is -1.73. The van der Waals surface area contributed by atoms with Gasteiger partial charge >= 0.3 is 6.09 Å². The molecule has 2 fully saturated rings. The zero-order chi connectivity index (χ0) is 12.9. The second kappa shape index (κ2) is 3.54. The summed E-state index contributed by atoms with van der Waals surface area (Å²) >= 11 is 0. The zero-order valence-corrected chi connectivity index (χ0v) is 10.3. The van der Waals surface area contributed by atoms with Crippen LogP contribution < -0.4 is 5.32 Å². The number of nitrogens with one attached hydrogen (secondary N) is 1. The zero-order valence-electron chi connectivity index (χ0n) is 10.3. The van der Waals surface area contributed by atoms with E-state index in [1.807, 2.05) is 0 Å². The molecular formula is C11H18F2N2O2. The monoisotopic (exact) mass is 248 g/mol. The van der Waals surface area contributed by atoms with Crippen LogP contribution in [0.5, 0.6) is 0 Å². The Morgan fingerprint density at radius 3 is 2.24 bits per heavy atom. The molecule has 1 spiro atoms. The molecule has 1 N–H and O–H groups in total. The van der Waals surface area contributed by atoms with Gasteiger partial charge in [0, 0.05) is 19.6 Å². The van der Waals surface area contributed by atoms with E-state index in [0.717, 1.165) is 4.90 Å². The SMILES string of the molecule is CC(C)(C)OC(=O)N1CC(F)(F)C2(CNC2)C1. The van der Waals surface area contributed by atoms with Crippen molar-refractivity contribution < 1.29 is 18.3 Å². The number of carbonyl (C=O) groups is 1. The van der Waals surface area contributed by atoms with Crippen LogP contribution in [0, 0.1) is 5.41 Å². The Morgan fingerprint density at radius 1 is 1.29 bits per heavy atom. The van der Waals surface area contributed by atoms with E-state index >= 15 is 0 Å². The van der Waals surface area contributed by atoms with E-state index in [9.17, 15) is 13.6 Å². The average molecular weight is 248 g/mol. The highest BCUT2D eigenvalue weighted by atomic mass is 19.3. The number of ether oxygens (including phenoxy) is 1. The van der Waals surface area contributed by atoms with Crippen LogP contribution in [0.3, 0.4) is 0 Å². The van der Waals surface area contributed by atoms with Gasteiger partial charge in [0.1, 0.15) is 5.60 Å². The lowest BCUT2D eigenvalue weighted by Gasteiger charge is -2.42. The Kier molecular flexibility index (Phi) is 2.61. The van der Waals surface area contributed by atoms with Crippen LogP contribution in [-0.2, 0) is 4.74 Å². The highest BCUT2D eigenvalue weighted by Crippen LogP contribution is 2.46. The molecule has 2 aliphatic rings. The summed E-state index contributed by atoms with van der Waals surface area (Å²) in [6.07, 6.45) is -0.652. The second-order valence-electron chi connectivity index (χ2n) is 5.92. The van der Waals surface area contributed by atoms with Crippen LogP contribution in [-0.4, -0.2) is 48.7 Å². The molecule has 2 heterocycles. The third kappa shape index (κ3) is 2.10. The quantitative estimate of drug-likeness (QED) is 0.705. The third-order valence-corrected chi connectivity index (χ3v) is 3.24. The van der Waals surface area contributed by atoms with Crippen LogP contribution in [0.2, 0.25) is 0 Å². The van der Waals surface area contributed by atoms with Gasteiger partial charge in [0.15, 0.2) is 0 Å². The molecule has 0 atom stereocenters. The number of alkyl halides is 2. The maximum Gasteiger partial charge on any atom is 0.410 e. The highest BCUT2D eigenvalue weighted by molar-refractivity contribution is 5.69. The van der Waals surface area contributed by atoms with Crippen molar-refractivity contribution in [1.82, 2.24) is 10.2 Å². The lowest BCUT2D eigenvalue weighted by atomic mass is 9.78. The van der Waals surface area contributed by atoms with Crippen molar-refractivity contribution in [1.29, 1.82) is 0 Å². The van der Waals surface area contributed by atoms with Gasteiger partial charge in [-0.2, -0.15) is 0 Å². The molecule has 0 aromatic carbocycles. The van der Waals surface area contributed by atoms with Crippen molar-refractivity contribution in [3.05, 3.63) is 0 Å². The van der Waals surface area contributed by atoms with Gasteiger partial charge in [-0.3, -0.25) is 0 Å². The lowest BCUT2D eigenvalue weighted by molar-refractivity contribution is -0.108. The molecule has 2 saturated heterocycles. The van der Waals surface area contributed by atoms with E-state index < -0.39 is 29.6 Å². The number of halogens is 2. The normalized spacial score (nSPS) is 25.8. The third-order valence-electron chi connectivity index (χ3n) is 3.24. The molecule has 98 valence electrons. The van der Waals surface area contributed by atoms with E-state index in [4.69, 9.17) is 4.74 Å². The minimum absolute atomic E-state index is 0.0713. The summed E-state index contributed by atoms with van der Waals surface area (Å²) < 4.78 is 32.7. The van der Waals surface area contributed by atoms with Crippen molar-refractivity contribution in [2.24, 2.45) is 5.41 Å². The van der Waals surface area contributed by atoms with E-state index in [0.29, 0.717) is 0 Å². The predicted molar refractivity (Wildman–Crippen MR) is 58.1 cm³/mol. The number of likely N-dealkylation sites (tertiary alicyclic amines) is 1. The van der Waals surface area contributed by atoms with Crippen molar-refractivity contribution in [2.75, 3.05) is 26.2 Å². The summed E-state index contributed by atoms with van der Waals surface area (Å²) in [5.74, 6) is -2.82. The molecule has 1 amide bonds. The van der Waals surface area contributed by atoms with Crippen molar-refractivity contribution in [2.45, 2.75) is 32.3 Å². The largest absolute Gasteiger partial charge is 0.444 e. The molecule has 0 aliphatic carbocycles. The Bertz CT molecular complexity index is 335. The van der Waals surface area contributed by atoms with Gasteiger partial charge < -0.3 is 15.0 Å². The molecule has 2 aliphatic heterocycles. The standard InChI is InChI=1S/C11H18F2N2O2/c1-9(2,3)17-8(16)15-6-10(4-14-5-10)11(12,13)7-15/h14H,4-7H2,1-3H3. The minimum Gasteiger partial charge on any atom is -0.444 e. The Labute approximate surface area is 99.3 Å². The first-order valence-electron chi connectivity index (χ1n) is 5.72. The van der Waals surface area contributed by atoms with Gasteiger partial charge in [-0.15, -0.1) is 0 Å². The number of amides is 1. The van der Waals surface area contributed by atoms with Gasteiger partial charge in [-0.25, -0.2) is 13.6 Å². The van der Waals surface area contributed by atoms with Crippen LogP contribution in [0.4, 0.5) is 13.6 Å². The summed E-state index contributed by atoms with van der Waals surface area (Å²) in [7, 11) is 0. The number of hydrogen-bond donors (Lipinski definition) is 1. The average Bonchev–Trinajstić information content (AvgIpc) is 2.33. The first kappa shape index (κ1) is 12.5. The number of hydrogen-bond acceptors (Lipinski definition) is 3. The molecular weight excluding hydrogens is 230 g/mol. The van der Waals surface area contributed by atoms with Crippen LogP contribution in [0.1, 0.15) is 20.8 Å². The fourth-order valence-electron chi connectivity index (χ4n) is 2.20. The van der Waals surface area contributed by atoms with E-state index in [1.54, 1.807) is 20.8 Å². The van der Waals surface area contributed by atoms with Crippen molar-refractivity contribution >= 4 is 6.09 Å². The summed E-state index contributed by atoms with van der Waals surface area (Å²) in [6, 6.07) is 0. The van der Waals surface area contributed by atoms with Crippen LogP contribution in [0.15, 0.2) is 0 Å². The molecule has 0 unspecified atom stereocenters. The van der Waals surface area contributed by atoms with E-state index in [-0.39, 0.29) is 19.6 Å². The molecule has 0 aromatic rings. The fourth-order valence-corrected chi connectivity index (χ4v) is 2.20. The van der Waals surface area contributed by atoms with Gasteiger partial charge in [0.05, 0.1) is 12.0 Å². The Morgan fingerprint density at radius 2 is 1.88 bits per heavy atom. The Balaban J connectivity index is 2.04. The smallest absolute Gasteiger partial charge is 0.410 e. The van der Waals surface area contributed by atoms with Gasteiger partial charge in [-0.05, 0) is 20.8 Å². The first-order valence-corrected chi connectivity index (χ1v) is 5.72. The van der Waals surface area contributed by atoms with Gasteiger partial charge in [0.25, 0.3) is 5.92 Å². The Hall–Kier alpha value is -0.910. The molecule has 2 rings (SSSR count). The fraction of sp³-hybridized carbons (Fsp3) is 0.909. The second-order valence-corrected chi connectivity index (χ2v) is 5.92. The molecule has 0 aromatic heterocycles. The maximum absolute atomic E-state index is 13.8. The van der Waals surface area contributed by atoms with E-state index in [2.05, 4.69) is 5.32 Å². The number of rotatable bonds is 0. The summed E-state index contributed by atoms with van der Waals surface area (Å²) in [4.78, 5) is 12.8. The topological polar surface area (TPSA) is 41.6 Å². The van der Waals surface area contributed by atoms with E-state index in [1.165, 1.54) is 0 Å². The molecule has 17 heavy (non-hydrogen) atoms. The molecule has 0 saturated carbocycles.